The molecule has 0 bridgehead atoms. The summed E-state index contributed by atoms with van der Waals surface area (Å²) in [5.74, 6) is 0. The summed E-state index contributed by atoms with van der Waals surface area (Å²) in [5.41, 5.74) is 1.38. The van der Waals surface area contributed by atoms with E-state index in [1.165, 1.54) is 5.56 Å². The minimum atomic E-state index is 0.616. The molecule has 1 heterocycles. The maximum Gasteiger partial charge on any atom is 0.0867 e. The van der Waals surface area contributed by atoms with Gasteiger partial charge in [-0.25, -0.2) is 10.0 Å². The minimum absolute atomic E-state index is 0.616. The number of hydrazine groups is 1. The van der Waals surface area contributed by atoms with Crippen LogP contribution in [-0.4, -0.2) is 23.2 Å². The first-order valence-electron chi connectivity index (χ1n) is 4.32. The highest BCUT2D eigenvalue weighted by Gasteiger charge is 2.36. The van der Waals surface area contributed by atoms with Gasteiger partial charge in [-0.2, -0.15) is 0 Å². The monoisotopic (exact) mass is 162 g/mol. The molecule has 0 N–H and O–H groups in total. The molecule has 2 rings (SSSR count). The Balaban J connectivity index is 1.97. The fourth-order valence-electron chi connectivity index (χ4n) is 1.45. The molecule has 2 nitrogen and oxygen atoms in total. The Hall–Kier alpha value is -0.860. The zero-order valence-corrected chi connectivity index (χ0v) is 7.57. The fourth-order valence-corrected chi connectivity index (χ4v) is 1.45. The van der Waals surface area contributed by atoms with Crippen LogP contribution in [0.3, 0.4) is 0 Å². The standard InChI is InChI=1S/C10H14N2/c1-9-11(2)12(9)8-10-6-4-3-5-7-10/h3-7,9H,8H2,1-2H3/t9-,11?,12?/m1/s1. The van der Waals surface area contributed by atoms with Gasteiger partial charge < -0.3 is 0 Å². The molecule has 0 amide bonds. The Morgan fingerprint density at radius 1 is 1.25 bits per heavy atom. The van der Waals surface area contributed by atoms with Gasteiger partial charge in [0.15, 0.2) is 0 Å². The molecule has 64 valence electrons. The Labute approximate surface area is 73.4 Å². The summed E-state index contributed by atoms with van der Waals surface area (Å²) in [5, 5.41) is 4.57. The van der Waals surface area contributed by atoms with Crippen molar-refractivity contribution in [3.8, 4) is 0 Å². The van der Waals surface area contributed by atoms with Crippen molar-refractivity contribution in [3.63, 3.8) is 0 Å². The third kappa shape index (κ3) is 1.36. The average molecular weight is 162 g/mol. The van der Waals surface area contributed by atoms with Crippen LogP contribution in [0.4, 0.5) is 0 Å². The molecular weight excluding hydrogens is 148 g/mol. The molecular formula is C10H14N2. The summed E-state index contributed by atoms with van der Waals surface area (Å²) < 4.78 is 0. The number of rotatable bonds is 2. The van der Waals surface area contributed by atoms with Gasteiger partial charge in [0.1, 0.15) is 0 Å². The van der Waals surface area contributed by atoms with Crippen LogP contribution >= 0.6 is 0 Å². The number of nitrogens with zero attached hydrogens (tertiary/aromatic N) is 2. The summed E-state index contributed by atoms with van der Waals surface area (Å²) in [7, 11) is 2.12. The number of benzene rings is 1. The summed E-state index contributed by atoms with van der Waals surface area (Å²) in [4.78, 5) is 0. The molecule has 1 fully saturated rings. The van der Waals surface area contributed by atoms with Gasteiger partial charge in [0.25, 0.3) is 0 Å². The molecule has 0 aliphatic carbocycles. The van der Waals surface area contributed by atoms with E-state index in [0.717, 1.165) is 6.54 Å². The van der Waals surface area contributed by atoms with Crippen LogP contribution in [-0.2, 0) is 6.54 Å². The highest BCUT2D eigenvalue weighted by molar-refractivity contribution is 5.14. The summed E-state index contributed by atoms with van der Waals surface area (Å²) in [6.07, 6.45) is 0.616. The van der Waals surface area contributed by atoms with Crippen molar-refractivity contribution in [3.05, 3.63) is 35.9 Å². The highest BCUT2D eigenvalue weighted by Crippen LogP contribution is 2.24. The molecule has 2 unspecified atom stereocenters. The Morgan fingerprint density at radius 2 is 1.83 bits per heavy atom. The van der Waals surface area contributed by atoms with Crippen LogP contribution in [0.15, 0.2) is 30.3 Å². The molecule has 0 saturated carbocycles. The lowest BCUT2D eigenvalue weighted by Crippen LogP contribution is -2.02. The molecule has 1 aliphatic rings. The maximum absolute atomic E-state index is 2.33. The third-order valence-electron chi connectivity index (χ3n) is 2.51. The fraction of sp³-hybridized carbons (Fsp3) is 0.400. The first-order chi connectivity index (χ1) is 5.79. The normalized spacial score (nSPS) is 33.3. The Morgan fingerprint density at radius 3 is 2.33 bits per heavy atom. The van der Waals surface area contributed by atoms with Crippen molar-refractivity contribution in [1.82, 2.24) is 10.0 Å². The van der Waals surface area contributed by atoms with E-state index in [9.17, 15) is 0 Å². The van der Waals surface area contributed by atoms with Gasteiger partial charge in [0.05, 0.1) is 6.17 Å². The molecule has 1 aromatic carbocycles. The molecule has 0 spiro atoms. The predicted molar refractivity (Wildman–Crippen MR) is 49.2 cm³/mol. The van der Waals surface area contributed by atoms with Crippen molar-refractivity contribution in [1.29, 1.82) is 0 Å². The first-order valence-corrected chi connectivity index (χ1v) is 4.32. The van der Waals surface area contributed by atoms with Crippen molar-refractivity contribution in [2.45, 2.75) is 19.6 Å². The summed E-state index contributed by atoms with van der Waals surface area (Å²) in [6, 6.07) is 10.6. The lowest BCUT2D eigenvalue weighted by Gasteiger charge is -2.00. The van der Waals surface area contributed by atoms with Crippen LogP contribution in [0.2, 0.25) is 0 Å². The van der Waals surface area contributed by atoms with Crippen LogP contribution < -0.4 is 0 Å². The smallest absolute Gasteiger partial charge is 0.0867 e. The number of hydrogen-bond acceptors (Lipinski definition) is 2. The van der Waals surface area contributed by atoms with E-state index in [2.05, 4.69) is 54.3 Å². The van der Waals surface area contributed by atoms with Crippen LogP contribution in [0.5, 0.6) is 0 Å². The third-order valence-corrected chi connectivity index (χ3v) is 2.51. The van der Waals surface area contributed by atoms with E-state index in [0.29, 0.717) is 6.17 Å². The molecule has 2 heteroatoms. The summed E-state index contributed by atoms with van der Waals surface area (Å²) in [6.45, 7) is 3.25. The maximum atomic E-state index is 2.33. The van der Waals surface area contributed by atoms with Gasteiger partial charge in [-0.1, -0.05) is 30.3 Å². The van der Waals surface area contributed by atoms with Gasteiger partial charge in [-0.3, -0.25) is 0 Å². The number of hydrogen-bond donors (Lipinski definition) is 0. The minimum Gasteiger partial charge on any atom is -0.225 e. The lowest BCUT2D eigenvalue weighted by molar-refractivity contribution is 0.344. The van der Waals surface area contributed by atoms with E-state index in [-0.39, 0.29) is 0 Å². The van der Waals surface area contributed by atoms with Gasteiger partial charge in [0, 0.05) is 13.6 Å². The van der Waals surface area contributed by atoms with E-state index in [1.807, 2.05) is 0 Å². The zero-order chi connectivity index (χ0) is 8.55. The second-order valence-corrected chi connectivity index (χ2v) is 3.29. The lowest BCUT2D eigenvalue weighted by atomic mass is 10.2. The first kappa shape index (κ1) is 7.77. The summed E-state index contributed by atoms with van der Waals surface area (Å²) >= 11 is 0. The molecule has 0 aromatic heterocycles. The van der Waals surface area contributed by atoms with Gasteiger partial charge in [0.2, 0.25) is 0 Å². The zero-order valence-electron chi connectivity index (χ0n) is 7.57. The molecule has 1 saturated heterocycles. The highest BCUT2D eigenvalue weighted by atomic mass is 15.8. The molecule has 1 aromatic rings. The average Bonchev–Trinajstić information content (AvgIpc) is 2.65. The SMILES string of the molecule is C[C@@H]1N(C)N1Cc1ccccc1. The molecule has 1 aliphatic heterocycles. The van der Waals surface area contributed by atoms with Crippen LogP contribution in [0, 0.1) is 0 Å². The van der Waals surface area contributed by atoms with Gasteiger partial charge >= 0.3 is 0 Å². The predicted octanol–water partition coefficient (Wildman–Crippen LogP) is 1.70. The van der Waals surface area contributed by atoms with E-state index in [1.54, 1.807) is 0 Å². The van der Waals surface area contributed by atoms with Crippen molar-refractivity contribution in [2.24, 2.45) is 0 Å². The van der Waals surface area contributed by atoms with Crippen molar-refractivity contribution in [2.75, 3.05) is 7.05 Å². The van der Waals surface area contributed by atoms with E-state index < -0.39 is 0 Å². The van der Waals surface area contributed by atoms with E-state index in [4.69, 9.17) is 0 Å². The van der Waals surface area contributed by atoms with E-state index >= 15 is 0 Å². The van der Waals surface area contributed by atoms with Crippen molar-refractivity contribution >= 4 is 0 Å². The van der Waals surface area contributed by atoms with Crippen LogP contribution in [0.25, 0.3) is 0 Å². The Kier molecular flexibility index (Phi) is 1.87. The van der Waals surface area contributed by atoms with Crippen molar-refractivity contribution < 1.29 is 0 Å². The van der Waals surface area contributed by atoms with Gasteiger partial charge in [-0.05, 0) is 12.5 Å². The van der Waals surface area contributed by atoms with Gasteiger partial charge in [-0.15, -0.1) is 0 Å². The molecule has 0 radical (unpaired) electrons. The topological polar surface area (TPSA) is 6.02 Å². The second-order valence-electron chi connectivity index (χ2n) is 3.29. The Bertz CT molecular complexity index is 250. The quantitative estimate of drug-likeness (QED) is 0.610. The largest absolute Gasteiger partial charge is 0.225 e. The van der Waals surface area contributed by atoms with Crippen LogP contribution in [0.1, 0.15) is 12.5 Å². The molecule has 3 atom stereocenters. The second kappa shape index (κ2) is 2.88. The molecule has 12 heavy (non-hydrogen) atoms.